The van der Waals surface area contributed by atoms with E-state index in [1.54, 1.807) is 0 Å². The van der Waals surface area contributed by atoms with Gasteiger partial charge in [-0.3, -0.25) is 9.28 Å². The molecule has 0 radical (unpaired) electrons. The smallest absolute Gasteiger partial charge is 0.313 e. The SMILES string of the molecule is CCCCCCCCCCCCCCCCC(CC[N+]1(C(=O)CCCN(C)C)CCCCC1)C(=O)O. The Kier molecular flexibility index (Phi) is 19.3. The quantitative estimate of drug-likeness (QED) is 0.113. The fraction of sp³-hybridized carbons (Fsp3) is 0.935. The van der Waals surface area contributed by atoms with Crippen molar-refractivity contribution in [3.05, 3.63) is 0 Å². The predicted octanol–water partition coefficient (Wildman–Crippen LogP) is 7.82. The number of nitrogens with zero attached hydrogens (tertiary/aromatic N) is 2. The molecule has 1 aliphatic heterocycles. The Hall–Kier alpha value is -0.940. The number of carboxylic acid groups (broad SMARTS) is 1. The van der Waals surface area contributed by atoms with Crippen LogP contribution < -0.4 is 0 Å². The van der Waals surface area contributed by atoms with E-state index in [9.17, 15) is 14.7 Å². The zero-order valence-corrected chi connectivity index (χ0v) is 24.4. The van der Waals surface area contributed by atoms with Crippen molar-refractivity contribution in [3.63, 3.8) is 0 Å². The summed E-state index contributed by atoms with van der Waals surface area (Å²) in [5, 5.41) is 9.83. The van der Waals surface area contributed by atoms with E-state index in [-0.39, 0.29) is 5.92 Å². The van der Waals surface area contributed by atoms with Gasteiger partial charge in [0.15, 0.2) is 0 Å². The van der Waals surface area contributed by atoms with Crippen molar-refractivity contribution in [2.75, 3.05) is 40.3 Å². The van der Waals surface area contributed by atoms with Crippen LogP contribution in [-0.2, 0) is 9.59 Å². The molecule has 0 bridgehead atoms. The second kappa shape index (κ2) is 21.0. The minimum Gasteiger partial charge on any atom is -0.481 e. The third-order valence-electron chi connectivity index (χ3n) is 8.36. The molecule has 0 aromatic carbocycles. The van der Waals surface area contributed by atoms with Gasteiger partial charge in [-0.05, 0) is 52.7 Å². The summed E-state index contributed by atoms with van der Waals surface area (Å²) in [6.45, 7) is 5.74. The Labute approximate surface area is 224 Å². The van der Waals surface area contributed by atoms with E-state index in [1.807, 2.05) is 14.1 Å². The number of unbranched alkanes of at least 4 members (excludes halogenated alkanes) is 13. The van der Waals surface area contributed by atoms with Gasteiger partial charge in [0.25, 0.3) is 0 Å². The number of carboxylic acids is 1. The Bertz CT molecular complexity index is 558. The van der Waals surface area contributed by atoms with Gasteiger partial charge in [-0.1, -0.05) is 96.8 Å². The first-order valence-electron chi connectivity index (χ1n) is 15.7. The number of likely N-dealkylation sites (tertiary alicyclic amines) is 1. The van der Waals surface area contributed by atoms with E-state index in [4.69, 9.17) is 0 Å². The second-order valence-electron chi connectivity index (χ2n) is 11.9. The van der Waals surface area contributed by atoms with Gasteiger partial charge < -0.3 is 10.0 Å². The first-order chi connectivity index (χ1) is 17.4. The van der Waals surface area contributed by atoms with E-state index in [1.165, 1.54) is 83.5 Å². The summed E-state index contributed by atoms with van der Waals surface area (Å²) < 4.78 is 0.538. The Morgan fingerprint density at radius 1 is 0.722 bits per heavy atom. The van der Waals surface area contributed by atoms with Crippen LogP contribution in [0, 0.1) is 5.92 Å². The molecular weight excluding hydrogens is 448 g/mol. The van der Waals surface area contributed by atoms with Crippen LogP contribution in [0.4, 0.5) is 0 Å². The molecule has 0 spiro atoms. The van der Waals surface area contributed by atoms with E-state index in [2.05, 4.69) is 11.8 Å². The van der Waals surface area contributed by atoms with E-state index in [0.29, 0.717) is 23.2 Å². The summed E-state index contributed by atoms with van der Waals surface area (Å²) in [6, 6.07) is 0. The molecule has 212 valence electrons. The number of carbonyl (C=O) groups is 2. The van der Waals surface area contributed by atoms with Crippen LogP contribution >= 0.6 is 0 Å². The molecule has 36 heavy (non-hydrogen) atoms. The number of carbonyl (C=O) groups excluding carboxylic acids is 1. The highest BCUT2D eigenvalue weighted by Gasteiger charge is 2.38. The topological polar surface area (TPSA) is 57.6 Å². The molecule has 1 aliphatic rings. The minimum absolute atomic E-state index is 0.297. The van der Waals surface area contributed by atoms with E-state index in [0.717, 1.165) is 64.7 Å². The zero-order chi connectivity index (χ0) is 26.5. The van der Waals surface area contributed by atoms with Crippen molar-refractivity contribution in [1.29, 1.82) is 0 Å². The van der Waals surface area contributed by atoms with Crippen LogP contribution in [0.3, 0.4) is 0 Å². The van der Waals surface area contributed by atoms with E-state index < -0.39 is 5.97 Å². The molecular formula is C31H61N2O3+. The standard InChI is InChI=1S/C31H60N2O3/c1-4-5-6-7-8-9-10-11-12-13-14-15-16-18-22-29(31(35)36)24-28-33(26-19-17-20-27-33)30(34)23-21-25-32(2)3/h29H,4-28H2,1-3H3/p+1. The third-order valence-corrected chi connectivity index (χ3v) is 8.36. The van der Waals surface area contributed by atoms with Gasteiger partial charge in [-0.2, -0.15) is 0 Å². The number of hydrogen-bond donors (Lipinski definition) is 1. The maximum absolute atomic E-state index is 13.2. The maximum atomic E-state index is 13.2. The molecule has 0 aromatic rings. The summed E-state index contributed by atoms with van der Waals surface area (Å²) in [5.74, 6) is -0.620. The van der Waals surface area contributed by atoms with Gasteiger partial charge in [-0.15, -0.1) is 0 Å². The van der Waals surface area contributed by atoms with Crippen molar-refractivity contribution in [3.8, 4) is 0 Å². The van der Waals surface area contributed by atoms with Gasteiger partial charge in [-0.25, -0.2) is 4.79 Å². The normalized spacial score (nSPS) is 16.3. The van der Waals surface area contributed by atoms with Crippen LogP contribution in [0.1, 0.15) is 142 Å². The fourth-order valence-corrected chi connectivity index (χ4v) is 5.88. The number of aliphatic carboxylic acids is 1. The molecule has 1 fully saturated rings. The van der Waals surface area contributed by atoms with Gasteiger partial charge in [0, 0.05) is 6.42 Å². The van der Waals surface area contributed by atoms with Crippen LogP contribution in [-0.4, -0.2) is 66.6 Å². The Morgan fingerprint density at radius 3 is 1.69 bits per heavy atom. The number of rotatable bonds is 23. The molecule has 0 saturated carbocycles. The first kappa shape index (κ1) is 33.1. The lowest BCUT2D eigenvalue weighted by Gasteiger charge is -2.39. The van der Waals surface area contributed by atoms with Crippen molar-refractivity contribution in [1.82, 2.24) is 4.90 Å². The molecule has 5 nitrogen and oxygen atoms in total. The predicted molar refractivity (Wildman–Crippen MR) is 152 cm³/mol. The molecule has 0 aliphatic carbocycles. The average molecular weight is 510 g/mol. The molecule has 1 N–H and O–H groups in total. The van der Waals surface area contributed by atoms with Crippen molar-refractivity contribution >= 4 is 11.9 Å². The van der Waals surface area contributed by atoms with E-state index >= 15 is 0 Å². The van der Waals surface area contributed by atoms with Crippen molar-refractivity contribution in [2.45, 2.75) is 142 Å². The molecule has 1 atom stereocenters. The summed E-state index contributed by atoms with van der Waals surface area (Å²) >= 11 is 0. The number of amides is 1. The Balaban J connectivity index is 2.22. The summed E-state index contributed by atoms with van der Waals surface area (Å²) in [6.07, 6.45) is 24.8. The van der Waals surface area contributed by atoms with Crippen molar-refractivity contribution < 1.29 is 19.2 Å². The monoisotopic (exact) mass is 509 g/mol. The number of hydrogen-bond acceptors (Lipinski definition) is 3. The van der Waals surface area contributed by atoms with Crippen LogP contribution in [0.25, 0.3) is 0 Å². The molecule has 1 rings (SSSR count). The van der Waals surface area contributed by atoms with Gasteiger partial charge >= 0.3 is 11.9 Å². The molecule has 1 heterocycles. The van der Waals surface area contributed by atoms with Gasteiger partial charge in [0.1, 0.15) is 0 Å². The number of piperidine rings is 1. The van der Waals surface area contributed by atoms with Crippen LogP contribution in [0.15, 0.2) is 0 Å². The average Bonchev–Trinajstić information content (AvgIpc) is 2.86. The van der Waals surface area contributed by atoms with Crippen molar-refractivity contribution in [2.24, 2.45) is 5.92 Å². The maximum Gasteiger partial charge on any atom is 0.313 e. The highest BCUT2D eigenvalue weighted by atomic mass is 16.4. The van der Waals surface area contributed by atoms with Gasteiger partial charge in [0.05, 0.1) is 32.0 Å². The summed E-state index contributed by atoms with van der Waals surface area (Å²) in [5.41, 5.74) is 0. The fourth-order valence-electron chi connectivity index (χ4n) is 5.88. The molecule has 1 saturated heterocycles. The third kappa shape index (κ3) is 15.3. The molecule has 0 aromatic heterocycles. The highest BCUT2D eigenvalue weighted by molar-refractivity contribution is 5.70. The lowest BCUT2D eigenvalue weighted by molar-refractivity contribution is -0.860. The summed E-state index contributed by atoms with van der Waals surface area (Å²) in [4.78, 5) is 27.3. The Morgan fingerprint density at radius 2 is 1.22 bits per heavy atom. The molecule has 5 heteroatoms. The lowest BCUT2D eigenvalue weighted by Crippen LogP contribution is -2.56. The minimum atomic E-state index is -0.667. The van der Waals surface area contributed by atoms with Crippen LogP contribution in [0.2, 0.25) is 0 Å². The number of quaternary nitrogens is 1. The molecule has 1 unspecified atom stereocenters. The largest absolute Gasteiger partial charge is 0.481 e. The van der Waals surface area contributed by atoms with Crippen LogP contribution in [0.5, 0.6) is 0 Å². The zero-order valence-electron chi connectivity index (χ0n) is 24.4. The highest BCUT2D eigenvalue weighted by Crippen LogP contribution is 2.25. The summed E-state index contributed by atoms with van der Waals surface area (Å²) in [7, 11) is 4.09. The molecule has 1 amide bonds. The van der Waals surface area contributed by atoms with Gasteiger partial charge in [0.2, 0.25) is 0 Å². The second-order valence-corrected chi connectivity index (χ2v) is 11.9. The lowest BCUT2D eigenvalue weighted by atomic mass is 9.95. The first-order valence-corrected chi connectivity index (χ1v) is 15.7.